The Kier molecular flexibility index (Phi) is 8.34. The van der Waals surface area contributed by atoms with Crippen molar-refractivity contribution in [3.63, 3.8) is 0 Å². The third-order valence-electron chi connectivity index (χ3n) is 12.0. The molecule has 4 heteroatoms. The third-order valence-corrected chi connectivity index (χ3v) is 38.2. The maximum absolute atomic E-state index is 3.07. The molecule has 1 aliphatic heterocycles. The van der Waals surface area contributed by atoms with Crippen molar-refractivity contribution in [2.45, 2.75) is 88.3 Å². The number of allylic oxidation sites excluding steroid dienone is 2. The van der Waals surface area contributed by atoms with E-state index in [1.807, 2.05) is 10.4 Å². The van der Waals surface area contributed by atoms with Gasteiger partial charge in [-0.05, 0) is 0 Å². The van der Waals surface area contributed by atoms with Crippen molar-refractivity contribution in [1.29, 1.82) is 0 Å². The summed E-state index contributed by atoms with van der Waals surface area (Å²) in [5.74, 6) is 0. The van der Waals surface area contributed by atoms with Crippen LogP contribution in [0.25, 0.3) is 34.4 Å². The van der Waals surface area contributed by atoms with E-state index >= 15 is 0 Å². The van der Waals surface area contributed by atoms with E-state index in [4.69, 9.17) is 0 Å². The zero-order chi connectivity index (χ0) is 33.5. The van der Waals surface area contributed by atoms with Gasteiger partial charge in [0.1, 0.15) is 0 Å². The molecule has 0 saturated carbocycles. The molecule has 3 aliphatic rings. The van der Waals surface area contributed by atoms with Gasteiger partial charge in [-0.2, -0.15) is 0 Å². The van der Waals surface area contributed by atoms with Crippen molar-refractivity contribution in [2.24, 2.45) is 0 Å². The first-order valence-corrected chi connectivity index (χ1v) is 39.1. The van der Waals surface area contributed by atoms with Crippen LogP contribution in [-0.4, -0.2) is 24.2 Å². The zero-order valence-corrected chi connectivity index (χ0v) is 37.1. The molecule has 0 N–H and O–H groups in total. The van der Waals surface area contributed by atoms with Gasteiger partial charge >= 0.3 is 295 Å². The van der Waals surface area contributed by atoms with Crippen LogP contribution in [0, 0.1) is 0 Å². The molecule has 242 valence electrons. The van der Waals surface area contributed by atoms with Crippen molar-refractivity contribution in [2.75, 3.05) is 0 Å². The average Bonchev–Trinajstić information content (AvgIpc) is 3.64. The number of hydrogen-bond acceptors (Lipinski definition) is 0. The monoisotopic (exact) mass is 834 g/mol. The topological polar surface area (TPSA) is 0 Å². The zero-order valence-electron chi connectivity index (χ0n) is 30.5. The molecule has 0 amide bonds. The predicted molar refractivity (Wildman–Crippen MR) is 214 cm³/mol. The van der Waals surface area contributed by atoms with Crippen molar-refractivity contribution in [3.8, 4) is 22.3 Å². The summed E-state index contributed by atoms with van der Waals surface area (Å²) in [4.78, 5) is 0. The Morgan fingerprint density at radius 3 is 1.36 bits per heavy atom. The van der Waals surface area contributed by atoms with E-state index in [1.54, 1.807) is 32.6 Å². The van der Waals surface area contributed by atoms with Crippen LogP contribution in [0.1, 0.15) is 49.4 Å². The summed E-state index contributed by atoms with van der Waals surface area (Å²) < 4.78 is 6.99. The minimum absolute atomic E-state index is 0.681. The summed E-state index contributed by atoms with van der Waals surface area (Å²) in [6.07, 6.45) is 8.13. The van der Waals surface area contributed by atoms with Crippen LogP contribution in [0.3, 0.4) is 0 Å². The number of benzene rings is 4. The fraction of sp³-hybridized carbons (Fsp3) is 0.349. The Balaban J connectivity index is 1.38. The first-order chi connectivity index (χ1) is 22.2. The van der Waals surface area contributed by atoms with Crippen molar-refractivity contribution in [3.05, 3.63) is 118 Å². The van der Waals surface area contributed by atoms with Crippen LogP contribution in [0.5, 0.6) is 0 Å². The normalized spacial score (nSPS) is 22.6. The van der Waals surface area contributed by atoms with E-state index in [-0.39, 0.29) is 0 Å². The third kappa shape index (κ3) is 5.45. The minimum atomic E-state index is -3.07. The van der Waals surface area contributed by atoms with Crippen LogP contribution >= 0.6 is 0 Å². The van der Waals surface area contributed by atoms with Gasteiger partial charge in [-0.15, -0.1) is 0 Å². The maximum atomic E-state index is 2.81. The number of hydrogen-bond donors (Lipinski definition) is 0. The molecular formula is C43H54HfSi3. The first-order valence-electron chi connectivity index (χ1n) is 18.1. The molecule has 0 nitrogen and oxygen atoms in total. The Labute approximate surface area is 292 Å². The van der Waals surface area contributed by atoms with E-state index in [0.717, 1.165) is 0 Å². The van der Waals surface area contributed by atoms with Crippen molar-refractivity contribution < 1.29 is 20.0 Å². The van der Waals surface area contributed by atoms with Gasteiger partial charge in [0.05, 0.1) is 0 Å². The molecule has 0 radical (unpaired) electrons. The summed E-state index contributed by atoms with van der Waals surface area (Å²) in [7, 11) is -4.60. The molecular weight excluding hydrogens is 779 g/mol. The van der Waals surface area contributed by atoms with Gasteiger partial charge in [0, 0.05) is 0 Å². The molecule has 1 saturated heterocycles. The molecule has 0 aromatic heterocycles. The Hall–Kier alpha value is -2.12. The number of fused-ring (bicyclic) bond motifs is 6. The standard InChI is InChI=1S/C41H48Si3.2CH3.Hf/c1-9-10-25-44(8,36-26-32-13-11-15-38(40(32)28-36)30-17-21-34(22-18-30)42(2,3)4)37-27-33-14-12-16-39(41(33)29-37)31-19-23-35(24-20-31)43(5,6)7;;;/h11-24,26-29H,9-10,25H2,1-8H3;2*1H3;. The van der Waals surface area contributed by atoms with Gasteiger partial charge in [-0.25, -0.2) is 0 Å². The van der Waals surface area contributed by atoms with Gasteiger partial charge in [-0.3, -0.25) is 0 Å². The number of rotatable bonds is 7. The molecule has 4 aromatic rings. The molecule has 7 rings (SSSR count). The Morgan fingerprint density at radius 2 is 1.00 bits per heavy atom. The van der Waals surface area contributed by atoms with E-state index in [0.29, 0.717) is 7.35 Å². The van der Waals surface area contributed by atoms with E-state index in [1.165, 1.54) is 41.1 Å². The van der Waals surface area contributed by atoms with Crippen LogP contribution < -0.4 is 10.4 Å². The molecule has 2 aliphatic carbocycles. The van der Waals surface area contributed by atoms with Crippen LogP contribution in [-0.2, 0) is 20.0 Å². The van der Waals surface area contributed by atoms with Crippen LogP contribution in [0.15, 0.2) is 95.3 Å². The van der Waals surface area contributed by atoms with Crippen molar-refractivity contribution in [1.82, 2.24) is 0 Å². The molecule has 0 bridgehead atoms. The summed E-state index contributed by atoms with van der Waals surface area (Å²) in [6, 6.07) is 35.3. The van der Waals surface area contributed by atoms with E-state index < -0.39 is 44.2 Å². The van der Waals surface area contributed by atoms with Crippen LogP contribution in [0.4, 0.5) is 0 Å². The fourth-order valence-electron chi connectivity index (χ4n) is 9.32. The second-order valence-electron chi connectivity index (χ2n) is 17.6. The average molecular weight is 834 g/mol. The fourth-order valence-corrected chi connectivity index (χ4v) is 44.2. The molecule has 2 unspecified atom stereocenters. The SMILES string of the molecule is CCCC[Si]1(C)C2=Cc3c(-c4ccc([Si](C)(C)C)cc4)cccc3[CH]2[Hf]([CH3])([CH3])[CH]2C1=Cc1c(-c3ccc([Si](C)(C)C)cc3)cccc12. The summed E-state index contributed by atoms with van der Waals surface area (Å²) in [6.45, 7) is 19.9. The van der Waals surface area contributed by atoms with Gasteiger partial charge in [0.2, 0.25) is 0 Å². The molecule has 2 atom stereocenters. The number of unbranched alkanes of at least 4 members (excludes halogenated alkanes) is 1. The van der Waals surface area contributed by atoms with Crippen LogP contribution in [0.2, 0.25) is 61.2 Å². The van der Waals surface area contributed by atoms with Crippen molar-refractivity contribution >= 4 is 46.7 Å². The van der Waals surface area contributed by atoms with Gasteiger partial charge in [0.15, 0.2) is 0 Å². The quantitative estimate of drug-likeness (QED) is 0.163. The van der Waals surface area contributed by atoms with Gasteiger partial charge in [-0.1, -0.05) is 0 Å². The van der Waals surface area contributed by atoms with Gasteiger partial charge < -0.3 is 0 Å². The second kappa shape index (κ2) is 11.7. The second-order valence-corrected chi connectivity index (χ2v) is 49.3. The van der Waals surface area contributed by atoms with E-state index in [2.05, 4.69) is 159 Å². The summed E-state index contributed by atoms with van der Waals surface area (Å²) in [5.41, 5.74) is 12.1. The molecule has 1 fully saturated rings. The summed E-state index contributed by atoms with van der Waals surface area (Å²) >= 11 is -3.07. The molecule has 47 heavy (non-hydrogen) atoms. The predicted octanol–water partition coefficient (Wildman–Crippen LogP) is 11.9. The first kappa shape index (κ1) is 33.4. The Bertz CT molecular complexity index is 1780. The summed E-state index contributed by atoms with van der Waals surface area (Å²) in [5, 5.41) is 6.86. The molecule has 1 heterocycles. The Morgan fingerprint density at radius 1 is 0.596 bits per heavy atom. The van der Waals surface area contributed by atoms with E-state index in [9.17, 15) is 0 Å². The van der Waals surface area contributed by atoms with Gasteiger partial charge in [0.25, 0.3) is 0 Å². The molecule has 4 aromatic carbocycles. The molecule has 0 spiro atoms.